The number of benzene rings is 1. The average molecular weight is 413 g/mol. The fourth-order valence-corrected chi connectivity index (χ4v) is 4.12. The number of allylic oxidation sites excluding steroid dienone is 2. The highest BCUT2D eigenvalue weighted by Gasteiger charge is 2.20. The van der Waals surface area contributed by atoms with Gasteiger partial charge in [0.25, 0.3) is 0 Å². The lowest BCUT2D eigenvalue weighted by molar-refractivity contribution is -0.140. The molecule has 166 valence electrons. The van der Waals surface area contributed by atoms with Crippen molar-refractivity contribution in [1.82, 2.24) is 0 Å². The van der Waals surface area contributed by atoms with Gasteiger partial charge in [-0.05, 0) is 74.8 Å². The number of aliphatic hydroxyl groups excluding tert-OH is 1. The zero-order valence-corrected chi connectivity index (χ0v) is 18.9. The van der Waals surface area contributed by atoms with Gasteiger partial charge in [0, 0.05) is 18.1 Å². The Kier molecular flexibility index (Phi) is 10.9. The van der Waals surface area contributed by atoms with E-state index in [-0.39, 0.29) is 25.1 Å². The first-order chi connectivity index (χ1) is 14.5. The van der Waals surface area contributed by atoms with Gasteiger partial charge in [-0.1, -0.05) is 62.8 Å². The predicted octanol–water partition coefficient (Wildman–Crippen LogP) is 6.05. The van der Waals surface area contributed by atoms with Crippen LogP contribution in [0.2, 0.25) is 0 Å². The predicted molar refractivity (Wildman–Crippen MR) is 124 cm³/mol. The van der Waals surface area contributed by atoms with E-state index >= 15 is 0 Å². The summed E-state index contributed by atoms with van der Waals surface area (Å²) < 4.78 is 5.22. The Balaban J connectivity index is 1.71. The van der Waals surface area contributed by atoms with Crippen LogP contribution in [0, 0.1) is 17.8 Å². The van der Waals surface area contributed by atoms with Crippen LogP contribution in [0.25, 0.3) is 0 Å². The summed E-state index contributed by atoms with van der Waals surface area (Å²) in [7, 11) is 0. The Morgan fingerprint density at radius 1 is 1.10 bits per heavy atom. The zero-order valence-electron chi connectivity index (χ0n) is 18.9. The zero-order chi connectivity index (χ0) is 21.8. The number of ether oxygens (including phenoxy) is 1. The molecule has 1 aliphatic rings. The maximum Gasteiger partial charge on any atom is 0.333 e. The van der Waals surface area contributed by atoms with Crippen molar-refractivity contribution >= 4 is 5.97 Å². The average Bonchev–Trinajstić information content (AvgIpc) is 2.76. The molecule has 3 atom stereocenters. The van der Waals surface area contributed by atoms with Gasteiger partial charge in [-0.2, -0.15) is 0 Å². The Morgan fingerprint density at radius 3 is 2.30 bits per heavy atom. The Bertz CT molecular complexity index is 674. The Morgan fingerprint density at radius 2 is 1.73 bits per heavy atom. The summed E-state index contributed by atoms with van der Waals surface area (Å²) in [6, 6.07) is 9.20. The molecule has 3 nitrogen and oxygen atoms in total. The number of unbranched alkanes of at least 4 members (excludes halogenated alkanes) is 2. The molecule has 0 saturated carbocycles. The van der Waals surface area contributed by atoms with Gasteiger partial charge in [0.15, 0.2) is 0 Å². The number of esters is 1. The van der Waals surface area contributed by atoms with Crippen LogP contribution in [0.15, 0.2) is 48.6 Å². The van der Waals surface area contributed by atoms with Gasteiger partial charge in [-0.15, -0.1) is 0 Å². The highest BCUT2D eigenvalue weighted by atomic mass is 16.5. The molecule has 0 spiro atoms. The quantitative estimate of drug-likeness (QED) is 0.186. The summed E-state index contributed by atoms with van der Waals surface area (Å²) in [6.45, 7) is 7.80. The van der Waals surface area contributed by atoms with Crippen molar-refractivity contribution in [2.75, 3.05) is 13.2 Å². The summed E-state index contributed by atoms with van der Waals surface area (Å²) in [5.74, 6) is 0.723. The molecule has 3 heteroatoms. The first kappa shape index (κ1) is 24.4. The second-order valence-corrected chi connectivity index (χ2v) is 8.96. The smallest absolute Gasteiger partial charge is 0.333 e. The van der Waals surface area contributed by atoms with Crippen LogP contribution in [0.5, 0.6) is 0 Å². The van der Waals surface area contributed by atoms with Crippen LogP contribution in [0.4, 0.5) is 0 Å². The fourth-order valence-electron chi connectivity index (χ4n) is 4.12. The van der Waals surface area contributed by atoms with E-state index in [4.69, 9.17) is 4.74 Å². The molecule has 1 aromatic rings. The van der Waals surface area contributed by atoms with Crippen molar-refractivity contribution in [3.63, 3.8) is 0 Å². The monoisotopic (exact) mass is 412 g/mol. The molecule has 3 unspecified atom stereocenters. The van der Waals surface area contributed by atoms with Crippen LogP contribution >= 0.6 is 0 Å². The van der Waals surface area contributed by atoms with Gasteiger partial charge in [-0.3, -0.25) is 0 Å². The number of carbonyl (C=O) groups is 1. The molecule has 0 radical (unpaired) electrons. The van der Waals surface area contributed by atoms with Gasteiger partial charge in [0.2, 0.25) is 0 Å². The van der Waals surface area contributed by atoms with Crippen LogP contribution in [0.3, 0.4) is 0 Å². The Labute approximate surface area is 183 Å². The van der Waals surface area contributed by atoms with Crippen molar-refractivity contribution in [2.24, 2.45) is 17.8 Å². The maximum atomic E-state index is 11.5. The molecule has 0 fully saturated rings. The highest BCUT2D eigenvalue weighted by Crippen LogP contribution is 2.30. The molecule has 0 heterocycles. The number of hydrogen-bond donors (Lipinski definition) is 1. The van der Waals surface area contributed by atoms with E-state index < -0.39 is 0 Å². The van der Waals surface area contributed by atoms with Crippen LogP contribution < -0.4 is 0 Å². The highest BCUT2D eigenvalue weighted by molar-refractivity contribution is 5.86. The van der Waals surface area contributed by atoms with E-state index in [9.17, 15) is 9.90 Å². The lowest BCUT2D eigenvalue weighted by Gasteiger charge is -2.25. The molecule has 0 amide bonds. The molecular formula is C27H40O3. The van der Waals surface area contributed by atoms with Gasteiger partial charge in [0.05, 0.1) is 6.61 Å². The number of carbonyl (C=O) groups excluding carboxylic acids is 1. The van der Waals surface area contributed by atoms with Gasteiger partial charge >= 0.3 is 5.97 Å². The molecule has 30 heavy (non-hydrogen) atoms. The van der Waals surface area contributed by atoms with Gasteiger partial charge in [0.1, 0.15) is 0 Å². The minimum atomic E-state index is -0.373. The van der Waals surface area contributed by atoms with E-state index in [0.29, 0.717) is 17.4 Å². The number of aliphatic hydroxyl groups is 1. The minimum absolute atomic E-state index is 0.00431. The fraction of sp³-hybridized carbons (Fsp3) is 0.593. The van der Waals surface area contributed by atoms with Crippen molar-refractivity contribution in [3.05, 3.63) is 59.7 Å². The number of aryl methyl sites for hydroxylation is 2. The molecule has 1 N–H and O–H groups in total. The number of rotatable bonds is 13. The normalized spacial score (nSPS) is 19.4. The van der Waals surface area contributed by atoms with Crippen LogP contribution in [-0.2, 0) is 22.4 Å². The van der Waals surface area contributed by atoms with Gasteiger partial charge in [-0.25, -0.2) is 4.79 Å². The SMILES string of the molecule is C=C(C)C(=O)OCC(CO)CC1C=CC(CCc2ccc(CCCCC)cc2)CC1. The van der Waals surface area contributed by atoms with Crippen molar-refractivity contribution in [2.45, 2.75) is 71.6 Å². The number of hydrogen-bond acceptors (Lipinski definition) is 3. The Hall–Kier alpha value is -1.87. The topological polar surface area (TPSA) is 46.5 Å². The summed E-state index contributed by atoms with van der Waals surface area (Å²) in [5, 5.41) is 9.61. The largest absolute Gasteiger partial charge is 0.462 e. The van der Waals surface area contributed by atoms with Crippen molar-refractivity contribution in [3.8, 4) is 0 Å². The molecule has 0 aromatic heterocycles. The summed E-state index contributed by atoms with van der Waals surface area (Å²) >= 11 is 0. The second kappa shape index (κ2) is 13.4. The lowest BCUT2D eigenvalue weighted by atomic mass is 9.81. The molecule has 2 rings (SSSR count). The standard InChI is InChI=1S/C27H40O3/c1-4-5-6-7-22-8-10-23(11-9-22)12-13-24-14-16-25(17-15-24)18-26(19-28)20-30-27(29)21(2)3/h8-11,14,16,24-26,28H,2,4-7,12-13,15,17-20H2,1,3H3. The third kappa shape index (κ3) is 8.87. The van der Waals surface area contributed by atoms with Crippen LogP contribution in [0.1, 0.15) is 69.9 Å². The van der Waals surface area contributed by atoms with E-state index in [0.717, 1.165) is 19.3 Å². The molecule has 1 aliphatic carbocycles. The summed E-state index contributed by atoms with van der Waals surface area (Å²) in [4.78, 5) is 11.5. The third-order valence-corrected chi connectivity index (χ3v) is 6.15. The second-order valence-electron chi connectivity index (χ2n) is 8.96. The first-order valence-corrected chi connectivity index (χ1v) is 11.7. The molecular weight excluding hydrogens is 372 g/mol. The van der Waals surface area contributed by atoms with Crippen LogP contribution in [-0.4, -0.2) is 24.3 Å². The van der Waals surface area contributed by atoms with E-state index in [1.807, 2.05) is 0 Å². The van der Waals surface area contributed by atoms with E-state index in [1.165, 1.54) is 49.7 Å². The summed E-state index contributed by atoms with van der Waals surface area (Å²) in [6.07, 6.45) is 15.3. The molecule has 1 aromatic carbocycles. The van der Waals surface area contributed by atoms with E-state index in [2.05, 4.69) is 49.9 Å². The van der Waals surface area contributed by atoms with Crippen molar-refractivity contribution < 1.29 is 14.6 Å². The van der Waals surface area contributed by atoms with Gasteiger partial charge < -0.3 is 9.84 Å². The lowest BCUT2D eigenvalue weighted by Crippen LogP contribution is -2.21. The molecule has 0 saturated heterocycles. The van der Waals surface area contributed by atoms with Crippen molar-refractivity contribution in [1.29, 1.82) is 0 Å². The van der Waals surface area contributed by atoms with E-state index in [1.54, 1.807) is 6.92 Å². The third-order valence-electron chi connectivity index (χ3n) is 6.15. The minimum Gasteiger partial charge on any atom is -0.462 e. The maximum absolute atomic E-state index is 11.5. The molecule has 0 aliphatic heterocycles. The summed E-state index contributed by atoms with van der Waals surface area (Å²) in [5.41, 5.74) is 3.29. The molecule has 0 bridgehead atoms. The first-order valence-electron chi connectivity index (χ1n) is 11.7.